The zero-order valence-corrected chi connectivity index (χ0v) is 5.97. The highest BCUT2D eigenvalue weighted by atomic mass is 16.5. The summed E-state index contributed by atoms with van der Waals surface area (Å²) in [6.45, 7) is 5.81. The second-order valence-corrected chi connectivity index (χ2v) is 2.65. The average molecular weight is 126 g/mol. The lowest BCUT2D eigenvalue weighted by molar-refractivity contribution is -0.0139. The fraction of sp³-hybridized carbons (Fsp3) is 0.750. The van der Waals surface area contributed by atoms with Crippen molar-refractivity contribution in [3.8, 4) is 0 Å². The second kappa shape index (κ2) is 3.02. The van der Waals surface area contributed by atoms with Gasteiger partial charge in [0.05, 0.1) is 12.2 Å². The molecule has 1 saturated heterocycles. The van der Waals surface area contributed by atoms with Crippen LogP contribution >= 0.6 is 0 Å². The minimum atomic E-state index is 0.328. The Morgan fingerprint density at radius 2 is 2.33 bits per heavy atom. The van der Waals surface area contributed by atoms with Crippen molar-refractivity contribution in [3.63, 3.8) is 0 Å². The molecule has 0 aromatic rings. The third kappa shape index (κ3) is 1.83. The Morgan fingerprint density at radius 1 is 1.56 bits per heavy atom. The molecule has 0 aromatic heterocycles. The monoisotopic (exact) mass is 126 g/mol. The first-order valence-corrected chi connectivity index (χ1v) is 3.61. The van der Waals surface area contributed by atoms with Crippen LogP contribution in [0.5, 0.6) is 0 Å². The molecule has 0 bridgehead atoms. The van der Waals surface area contributed by atoms with Crippen LogP contribution in [-0.2, 0) is 4.74 Å². The third-order valence-electron chi connectivity index (χ3n) is 1.77. The zero-order valence-electron chi connectivity index (χ0n) is 5.97. The SMILES string of the molecule is C=CC1CCCC(C)O1. The van der Waals surface area contributed by atoms with Crippen molar-refractivity contribution >= 4 is 0 Å². The Morgan fingerprint density at radius 3 is 2.78 bits per heavy atom. The predicted molar refractivity (Wildman–Crippen MR) is 38.4 cm³/mol. The summed E-state index contributed by atoms with van der Waals surface area (Å²) in [6.07, 6.45) is 6.33. The molecular formula is C8H14O. The topological polar surface area (TPSA) is 9.23 Å². The van der Waals surface area contributed by atoms with Crippen molar-refractivity contribution in [2.45, 2.75) is 38.4 Å². The maximum atomic E-state index is 5.52. The van der Waals surface area contributed by atoms with Crippen LogP contribution in [0.25, 0.3) is 0 Å². The Balaban J connectivity index is 2.31. The van der Waals surface area contributed by atoms with Crippen LogP contribution in [0.3, 0.4) is 0 Å². The van der Waals surface area contributed by atoms with E-state index in [-0.39, 0.29) is 0 Å². The van der Waals surface area contributed by atoms with Crippen LogP contribution in [0, 0.1) is 0 Å². The predicted octanol–water partition coefficient (Wildman–Crippen LogP) is 2.13. The van der Waals surface area contributed by atoms with E-state index in [4.69, 9.17) is 4.74 Å². The summed E-state index contributed by atoms with van der Waals surface area (Å²) < 4.78 is 5.52. The molecule has 52 valence electrons. The first kappa shape index (κ1) is 6.81. The van der Waals surface area contributed by atoms with E-state index in [1.165, 1.54) is 12.8 Å². The first-order chi connectivity index (χ1) is 4.33. The molecule has 0 radical (unpaired) electrons. The minimum absolute atomic E-state index is 0.328. The molecule has 9 heavy (non-hydrogen) atoms. The van der Waals surface area contributed by atoms with E-state index in [0.717, 1.165) is 6.42 Å². The van der Waals surface area contributed by atoms with Gasteiger partial charge in [-0.05, 0) is 26.2 Å². The van der Waals surface area contributed by atoms with Gasteiger partial charge in [0, 0.05) is 0 Å². The summed E-state index contributed by atoms with van der Waals surface area (Å²) >= 11 is 0. The quantitative estimate of drug-likeness (QED) is 0.489. The normalized spacial score (nSPS) is 36.1. The van der Waals surface area contributed by atoms with Crippen LogP contribution in [-0.4, -0.2) is 12.2 Å². The standard InChI is InChI=1S/C8H14O/c1-3-8-6-4-5-7(2)9-8/h3,7-8H,1,4-6H2,2H3. The molecular weight excluding hydrogens is 112 g/mol. The molecule has 0 aromatic carbocycles. The van der Waals surface area contributed by atoms with Gasteiger partial charge in [0.25, 0.3) is 0 Å². The van der Waals surface area contributed by atoms with Crippen molar-refractivity contribution in [2.75, 3.05) is 0 Å². The summed E-state index contributed by atoms with van der Waals surface area (Å²) in [6, 6.07) is 0. The third-order valence-corrected chi connectivity index (χ3v) is 1.77. The Hall–Kier alpha value is -0.300. The van der Waals surface area contributed by atoms with Crippen LogP contribution < -0.4 is 0 Å². The van der Waals surface area contributed by atoms with Crippen molar-refractivity contribution in [2.24, 2.45) is 0 Å². The highest BCUT2D eigenvalue weighted by molar-refractivity contribution is 4.83. The lowest BCUT2D eigenvalue weighted by atomic mass is 10.1. The molecule has 2 unspecified atom stereocenters. The van der Waals surface area contributed by atoms with E-state index < -0.39 is 0 Å². The van der Waals surface area contributed by atoms with E-state index in [9.17, 15) is 0 Å². The zero-order chi connectivity index (χ0) is 6.69. The van der Waals surface area contributed by atoms with E-state index in [1.54, 1.807) is 0 Å². The van der Waals surface area contributed by atoms with Gasteiger partial charge in [0.15, 0.2) is 0 Å². The molecule has 0 amide bonds. The van der Waals surface area contributed by atoms with Crippen LogP contribution in [0.4, 0.5) is 0 Å². The van der Waals surface area contributed by atoms with Gasteiger partial charge in [-0.25, -0.2) is 0 Å². The van der Waals surface area contributed by atoms with Gasteiger partial charge in [-0.3, -0.25) is 0 Å². The lowest BCUT2D eigenvalue weighted by Crippen LogP contribution is -2.23. The van der Waals surface area contributed by atoms with Crippen LogP contribution in [0.1, 0.15) is 26.2 Å². The fourth-order valence-electron chi connectivity index (χ4n) is 1.21. The van der Waals surface area contributed by atoms with Crippen molar-refractivity contribution in [1.29, 1.82) is 0 Å². The molecule has 0 aliphatic carbocycles. The van der Waals surface area contributed by atoms with E-state index >= 15 is 0 Å². The van der Waals surface area contributed by atoms with Crippen LogP contribution in [0.2, 0.25) is 0 Å². The molecule has 1 heterocycles. The van der Waals surface area contributed by atoms with Gasteiger partial charge in [-0.2, -0.15) is 0 Å². The highest BCUT2D eigenvalue weighted by Crippen LogP contribution is 2.18. The van der Waals surface area contributed by atoms with Gasteiger partial charge in [0.1, 0.15) is 0 Å². The molecule has 0 saturated carbocycles. The molecule has 1 aliphatic rings. The number of hydrogen-bond acceptors (Lipinski definition) is 1. The molecule has 2 atom stereocenters. The minimum Gasteiger partial charge on any atom is -0.371 e. The largest absolute Gasteiger partial charge is 0.371 e. The number of rotatable bonds is 1. The van der Waals surface area contributed by atoms with Gasteiger partial charge in [-0.1, -0.05) is 6.08 Å². The molecule has 1 aliphatic heterocycles. The molecule has 1 nitrogen and oxygen atoms in total. The first-order valence-electron chi connectivity index (χ1n) is 3.61. The second-order valence-electron chi connectivity index (χ2n) is 2.65. The summed E-state index contributed by atoms with van der Waals surface area (Å²) in [5.74, 6) is 0. The maximum absolute atomic E-state index is 5.52. The van der Waals surface area contributed by atoms with E-state index in [1.807, 2.05) is 6.08 Å². The van der Waals surface area contributed by atoms with Gasteiger partial charge in [0.2, 0.25) is 0 Å². The molecule has 1 rings (SSSR count). The van der Waals surface area contributed by atoms with E-state index in [2.05, 4.69) is 13.5 Å². The van der Waals surface area contributed by atoms with Crippen LogP contribution in [0.15, 0.2) is 12.7 Å². The summed E-state index contributed by atoms with van der Waals surface area (Å²) in [7, 11) is 0. The van der Waals surface area contributed by atoms with E-state index in [0.29, 0.717) is 12.2 Å². The highest BCUT2D eigenvalue weighted by Gasteiger charge is 2.15. The van der Waals surface area contributed by atoms with Crippen molar-refractivity contribution in [3.05, 3.63) is 12.7 Å². The Labute approximate surface area is 56.7 Å². The summed E-state index contributed by atoms with van der Waals surface area (Å²) in [5, 5.41) is 0. The van der Waals surface area contributed by atoms with Gasteiger partial charge >= 0.3 is 0 Å². The number of ether oxygens (including phenoxy) is 1. The fourth-order valence-corrected chi connectivity index (χ4v) is 1.21. The Kier molecular flexibility index (Phi) is 2.29. The summed E-state index contributed by atoms with van der Waals surface area (Å²) in [5.41, 5.74) is 0. The number of hydrogen-bond donors (Lipinski definition) is 0. The smallest absolute Gasteiger partial charge is 0.0756 e. The Bertz CT molecular complexity index is 98.7. The van der Waals surface area contributed by atoms with Crippen molar-refractivity contribution < 1.29 is 4.74 Å². The lowest BCUT2D eigenvalue weighted by Gasteiger charge is -2.25. The molecule has 1 fully saturated rings. The van der Waals surface area contributed by atoms with Gasteiger partial charge < -0.3 is 4.74 Å². The molecule has 1 heteroatoms. The molecule has 0 spiro atoms. The van der Waals surface area contributed by atoms with Gasteiger partial charge in [-0.15, -0.1) is 6.58 Å². The molecule has 0 N–H and O–H groups in total. The summed E-state index contributed by atoms with van der Waals surface area (Å²) in [4.78, 5) is 0. The maximum Gasteiger partial charge on any atom is 0.0756 e. The average Bonchev–Trinajstić information content (AvgIpc) is 1.88. The van der Waals surface area contributed by atoms with Crippen molar-refractivity contribution in [1.82, 2.24) is 0 Å².